The van der Waals surface area contributed by atoms with E-state index in [1.165, 1.54) is 0 Å². The molecule has 0 aromatic carbocycles. The Bertz CT molecular complexity index is 904. The van der Waals surface area contributed by atoms with Crippen molar-refractivity contribution >= 4 is 17.4 Å². The van der Waals surface area contributed by atoms with Crippen molar-refractivity contribution in [3.05, 3.63) is 48.0 Å². The van der Waals surface area contributed by atoms with Crippen molar-refractivity contribution in [1.29, 1.82) is 0 Å². The molecule has 0 bridgehead atoms. The summed E-state index contributed by atoms with van der Waals surface area (Å²) < 4.78 is 3.75. The molecule has 142 valence electrons. The van der Waals surface area contributed by atoms with Crippen LogP contribution in [0, 0.1) is 6.92 Å². The van der Waals surface area contributed by atoms with E-state index >= 15 is 0 Å². The van der Waals surface area contributed by atoms with Crippen LogP contribution in [0.5, 0.6) is 0 Å². The van der Waals surface area contributed by atoms with Gasteiger partial charge in [-0.1, -0.05) is 6.07 Å². The van der Waals surface area contributed by atoms with Crippen LogP contribution in [0.25, 0.3) is 5.65 Å². The first kappa shape index (κ1) is 17.7. The number of nitrogens with one attached hydrogen (secondary N) is 1. The zero-order chi connectivity index (χ0) is 18.8. The van der Waals surface area contributed by atoms with Crippen molar-refractivity contribution in [3.63, 3.8) is 0 Å². The van der Waals surface area contributed by atoms with E-state index in [1.54, 1.807) is 4.68 Å². The SMILES string of the molecule is Cc1cc(NC(=O)CN2CCN(Cc3cn4ccccc4n3)CC2)n(C)n1. The van der Waals surface area contributed by atoms with E-state index in [0.29, 0.717) is 6.54 Å². The maximum absolute atomic E-state index is 12.3. The minimum Gasteiger partial charge on any atom is -0.310 e. The number of aromatic nitrogens is 4. The third kappa shape index (κ3) is 4.17. The van der Waals surface area contributed by atoms with Gasteiger partial charge in [-0.15, -0.1) is 0 Å². The average Bonchev–Trinajstić information content (AvgIpc) is 3.18. The molecule has 4 rings (SSSR count). The number of fused-ring (bicyclic) bond motifs is 1. The highest BCUT2D eigenvalue weighted by molar-refractivity contribution is 5.91. The molecule has 1 saturated heterocycles. The molecule has 0 atom stereocenters. The summed E-state index contributed by atoms with van der Waals surface area (Å²) in [7, 11) is 1.83. The molecular formula is C19H25N7O. The number of rotatable bonds is 5. The smallest absolute Gasteiger partial charge is 0.239 e. The Labute approximate surface area is 158 Å². The number of anilines is 1. The number of hydrogen-bond donors (Lipinski definition) is 1. The Kier molecular flexibility index (Phi) is 4.91. The lowest BCUT2D eigenvalue weighted by atomic mass is 10.3. The van der Waals surface area contributed by atoms with Crippen LogP contribution in [-0.2, 0) is 18.4 Å². The maximum atomic E-state index is 12.3. The summed E-state index contributed by atoms with van der Waals surface area (Å²) in [6, 6.07) is 7.91. The molecule has 3 aromatic rings. The Morgan fingerprint density at radius 2 is 1.96 bits per heavy atom. The number of carbonyl (C=O) groups is 1. The van der Waals surface area contributed by atoms with Gasteiger partial charge in [-0.2, -0.15) is 5.10 Å². The zero-order valence-electron chi connectivity index (χ0n) is 15.8. The maximum Gasteiger partial charge on any atom is 0.239 e. The first-order valence-electron chi connectivity index (χ1n) is 9.24. The van der Waals surface area contributed by atoms with Crippen LogP contribution in [-0.4, -0.2) is 67.6 Å². The summed E-state index contributed by atoms with van der Waals surface area (Å²) in [5.74, 6) is 0.745. The van der Waals surface area contributed by atoms with Crippen LogP contribution in [0.15, 0.2) is 36.7 Å². The van der Waals surface area contributed by atoms with Gasteiger partial charge in [0, 0.05) is 58.2 Å². The molecule has 0 aliphatic carbocycles. The molecule has 0 saturated carbocycles. The van der Waals surface area contributed by atoms with Crippen molar-refractivity contribution in [2.24, 2.45) is 7.05 Å². The molecule has 0 spiro atoms. The normalized spacial score (nSPS) is 16.1. The number of piperazine rings is 1. The first-order valence-corrected chi connectivity index (χ1v) is 9.24. The van der Waals surface area contributed by atoms with E-state index in [9.17, 15) is 4.79 Å². The van der Waals surface area contributed by atoms with Crippen LogP contribution in [0.1, 0.15) is 11.4 Å². The number of amides is 1. The Balaban J connectivity index is 1.26. The lowest BCUT2D eigenvalue weighted by Gasteiger charge is -2.33. The minimum atomic E-state index is 0.00630. The number of hydrogen-bond acceptors (Lipinski definition) is 5. The third-order valence-corrected chi connectivity index (χ3v) is 4.90. The Morgan fingerprint density at radius 3 is 2.67 bits per heavy atom. The van der Waals surface area contributed by atoms with E-state index in [2.05, 4.69) is 35.8 Å². The first-order chi connectivity index (χ1) is 13.1. The van der Waals surface area contributed by atoms with Crippen molar-refractivity contribution in [2.75, 3.05) is 38.0 Å². The van der Waals surface area contributed by atoms with Crippen LogP contribution in [0.4, 0.5) is 5.82 Å². The van der Waals surface area contributed by atoms with Crippen molar-refractivity contribution in [3.8, 4) is 0 Å². The summed E-state index contributed by atoms with van der Waals surface area (Å²) in [6.07, 6.45) is 4.11. The molecule has 1 fully saturated rings. The van der Waals surface area contributed by atoms with Gasteiger partial charge in [-0.3, -0.25) is 19.3 Å². The van der Waals surface area contributed by atoms with Gasteiger partial charge < -0.3 is 9.72 Å². The molecule has 8 nitrogen and oxygen atoms in total. The van der Waals surface area contributed by atoms with E-state index in [1.807, 2.05) is 44.4 Å². The Morgan fingerprint density at radius 1 is 1.19 bits per heavy atom. The van der Waals surface area contributed by atoms with Gasteiger partial charge in [0.05, 0.1) is 17.9 Å². The van der Waals surface area contributed by atoms with Crippen molar-refractivity contribution in [2.45, 2.75) is 13.5 Å². The molecule has 1 aliphatic heterocycles. The summed E-state index contributed by atoms with van der Waals surface area (Å²) in [6.45, 7) is 6.80. The minimum absolute atomic E-state index is 0.00630. The fourth-order valence-corrected chi connectivity index (χ4v) is 3.51. The van der Waals surface area contributed by atoms with E-state index in [4.69, 9.17) is 0 Å². The monoisotopic (exact) mass is 367 g/mol. The van der Waals surface area contributed by atoms with Crippen LogP contribution < -0.4 is 5.32 Å². The summed E-state index contributed by atoms with van der Waals surface area (Å²) in [5.41, 5.74) is 2.96. The highest BCUT2D eigenvalue weighted by Gasteiger charge is 2.20. The lowest BCUT2D eigenvalue weighted by molar-refractivity contribution is -0.117. The van der Waals surface area contributed by atoms with Crippen LogP contribution >= 0.6 is 0 Å². The summed E-state index contributed by atoms with van der Waals surface area (Å²) in [5, 5.41) is 7.19. The molecule has 1 amide bonds. The van der Waals surface area contributed by atoms with Gasteiger partial charge in [-0.25, -0.2) is 4.98 Å². The van der Waals surface area contributed by atoms with Gasteiger partial charge in [0.15, 0.2) is 0 Å². The van der Waals surface area contributed by atoms with E-state index < -0.39 is 0 Å². The van der Waals surface area contributed by atoms with E-state index in [-0.39, 0.29) is 5.91 Å². The van der Waals surface area contributed by atoms with Crippen molar-refractivity contribution < 1.29 is 4.79 Å². The average molecular weight is 367 g/mol. The predicted molar refractivity (Wildman–Crippen MR) is 103 cm³/mol. The van der Waals surface area contributed by atoms with Crippen LogP contribution in [0.3, 0.4) is 0 Å². The molecular weight excluding hydrogens is 342 g/mol. The fourth-order valence-electron chi connectivity index (χ4n) is 3.51. The van der Waals surface area contributed by atoms with Gasteiger partial charge in [0.1, 0.15) is 11.5 Å². The summed E-state index contributed by atoms with van der Waals surface area (Å²) in [4.78, 5) is 21.5. The number of nitrogens with zero attached hydrogens (tertiary/aromatic N) is 6. The molecule has 0 radical (unpaired) electrons. The number of aryl methyl sites for hydroxylation is 2. The Hall–Kier alpha value is -2.71. The lowest BCUT2D eigenvalue weighted by Crippen LogP contribution is -2.48. The van der Waals surface area contributed by atoms with Crippen LogP contribution in [0.2, 0.25) is 0 Å². The molecule has 1 aliphatic rings. The molecule has 0 unspecified atom stereocenters. The number of imidazole rings is 1. The topological polar surface area (TPSA) is 70.7 Å². The summed E-state index contributed by atoms with van der Waals surface area (Å²) >= 11 is 0. The van der Waals surface area contributed by atoms with Gasteiger partial charge >= 0.3 is 0 Å². The second-order valence-corrected chi connectivity index (χ2v) is 7.09. The second-order valence-electron chi connectivity index (χ2n) is 7.09. The van der Waals surface area contributed by atoms with E-state index in [0.717, 1.165) is 55.6 Å². The number of carbonyl (C=O) groups excluding carboxylic acids is 1. The van der Waals surface area contributed by atoms with Gasteiger partial charge in [0.25, 0.3) is 0 Å². The largest absolute Gasteiger partial charge is 0.310 e. The van der Waals surface area contributed by atoms with Gasteiger partial charge in [0.2, 0.25) is 5.91 Å². The predicted octanol–water partition coefficient (Wildman–Crippen LogP) is 1.13. The fraction of sp³-hybridized carbons (Fsp3) is 0.421. The molecule has 1 N–H and O–H groups in total. The standard InChI is InChI=1S/C19H25N7O/c1-15-11-18(23(2)22-15)21-19(27)14-25-9-7-24(8-10-25)12-16-13-26-6-4-3-5-17(26)20-16/h3-6,11,13H,7-10,12,14H2,1-2H3,(H,21,27). The van der Waals surface area contributed by atoms with Gasteiger partial charge in [-0.05, 0) is 19.1 Å². The highest BCUT2D eigenvalue weighted by Crippen LogP contribution is 2.11. The van der Waals surface area contributed by atoms with Crippen molar-refractivity contribution in [1.82, 2.24) is 29.0 Å². The zero-order valence-corrected chi connectivity index (χ0v) is 15.8. The quantitative estimate of drug-likeness (QED) is 0.732. The molecule has 8 heteroatoms. The molecule has 3 aromatic heterocycles. The molecule has 27 heavy (non-hydrogen) atoms. The second kappa shape index (κ2) is 7.50. The third-order valence-electron chi connectivity index (χ3n) is 4.90. The highest BCUT2D eigenvalue weighted by atomic mass is 16.2. The number of pyridine rings is 1. The molecule has 4 heterocycles.